The number of piperidine rings is 1. The number of hydrogen-bond donors (Lipinski definition) is 1. The van der Waals surface area contributed by atoms with Crippen LogP contribution in [0.2, 0.25) is 0 Å². The number of hydrogen-bond acceptors (Lipinski definition) is 4. The van der Waals surface area contributed by atoms with E-state index >= 15 is 0 Å². The van der Waals surface area contributed by atoms with Gasteiger partial charge in [-0.2, -0.15) is 0 Å². The van der Waals surface area contributed by atoms with E-state index in [-0.39, 0.29) is 12.1 Å². The van der Waals surface area contributed by atoms with E-state index in [0.29, 0.717) is 0 Å². The number of carbonyl (C=O) groups excluding carboxylic acids is 1. The molecule has 1 unspecified atom stereocenters. The van der Waals surface area contributed by atoms with Gasteiger partial charge in [-0.1, -0.05) is 0 Å². The van der Waals surface area contributed by atoms with Gasteiger partial charge in [0.15, 0.2) is 0 Å². The second-order valence-electron chi connectivity index (χ2n) is 6.63. The van der Waals surface area contributed by atoms with E-state index < -0.39 is 5.60 Å². The second-order valence-corrected chi connectivity index (χ2v) is 6.63. The van der Waals surface area contributed by atoms with Crippen molar-refractivity contribution in [3.8, 4) is 5.75 Å². The normalized spacial score (nSPS) is 18.7. The summed E-state index contributed by atoms with van der Waals surface area (Å²) < 4.78 is 10.5. The third-order valence-electron chi connectivity index (χ3n) is 3.58. The average molecular weight is 306 g/mol. The lowest BCUT2D eigenvalue weighted by atomic mass is 10.1. The highest BCUT2D eigenvalue weighted by Crippen LogP contribution is 2.23. The molecule has 1 atom stereocenters. The molecule has 1 heterocycles. The highest BCUT2D eigenvalue weighted by Gasteiger charge is 2.24. The molecule has 0 spiro atoms. The maximum Gasteiger partial charge on any atom is 0.407 e. The van der Waals surface area contributed by atoms with Gasteiger partial charge in [-0.05, 0) is 57.9 Å². The van der Waals surface area contributed by atoms with Gasteiger partial charge in [-0.3, -0.25) is 0 Å². The maximum absolute atomic E-state index is 11.9. The van der Waals surface area contributed by atoms with Crippen LogP contribution in [0.25, 0.3) is 0 Å². The summed E-state index contributed by atoms with van der Waals surface area (Å²) in [5, 5.41) is 2.97. The van der Waals surface area contributed by atoms with Crippen LogP contribution in [0, 0.1) is 0 Å². The molecule has 22 heavy (non-hydrogen) atoms. The van der Waals surface area contributed by atoms with Gasteiger partial charge < -0.3 is 19.7 Å². The Bertz CT molecular complexity index is 494. The summed E-state index contributed by atoms with van der Waals surface area (Å²) >= 11 is 0. The summed E-state index contributed by atoms with van der Waals surface area (Å²) in [5.74, 6) is 0.851. The predicted molar refractivity (Wildman–Crippen MR) is 87.6 cm³/mol. The van der Waals surface area contributed by atoms with Crippen molar-refractivity contribution in [3.63, 3.8) is 0 Å². The number of anilines is 1. The molecule has 0 aromatic heterocycles. The van der Waals surface area contributed by atoms with E-state index in [9.17, 15) is 4.79 Å². The molecule has 1 aromatic carbocycles. The Hall–Kier alpha value is -1.91. The maximum atomic E-state index is 11.9. The number of nitrogens with one attached hydrogen (secondary N) is 1. The SMILES string of the molecule is COc1ccc(N2CCCC(NC(=O)OC(C)(C)C)C2)cc1. The number of ether oxygens (including phenoxy) is 2. The van der Waals surface area contributed by atoms with Crippen molar-refractivity contribution in [2.24, 2.45) is 0 Å². The van der Waals surface area contributed by atoms with Gasteiger partial charge in [-0.15, -0.1) is 0 Å². The molecular weight excluding hydrogens is 280 g/mol. The molecule has 1 N–H and O–H groups in total. The lowest BCUT2D eigenvalue weighted by Crippen LogP contribution is -2.49. The second kappa shape index (κ2) is 6.90. The number of alkyl carbamates (subject to hydrolysis) is 1. The third-order valence-corrected chi connectivity index (χ3v) is 3.58. The summed E-state index contributed by atoms with van der Waals surface area (Å²) in [6, 6.07) is 8.13. The van der Waals surface area contributed by atoms with Crippen LogP contribution in [0.1, 0.15) is 33.6 Å². The fourth-order valence-corrected chi connectivity index (χ4v) is 2.60. The topological polar surface area (TPSA) is 50.8 Å². The molecule has 1 fully saturated rings. The summed E-state index contributed by atoms with van der Waals surface area (Å²) in [6.45, 7) is 7.41. The number of methoxy groups -OCH3 is 1. The molecule has 0 bridgehead atoms. The predicted octanol–water partition coefficient (Wildman–Crippen LogP) is 3.19. The number of amides is 1. The first-order valence-electron chi connectivity index (χ1n) is 7.76. The van der Waals surface area contributed by atoms with E-state index in [1.807, 2.05) is 32.9 Å². The smallest absolute Gasteiger partial charge is 0.407 e. The van der Waals surface area contributed by atoms with Gasteiger partial charge in [0.05, 0.1) is 7.11 Å². The minimum absolute atomic E-state index is 0.116. The van der Waals surface area contributed by atoms with Crippen molar-refractivity contribution >= 4 is 11.8 Å². The largest absolute Gasteiger partial charge is 0.497 e. The van der Waals surface area contributed by atoms with Gasteiger partial charge in [0.1, 0.15) is 11.4 Å². The minimum atomic E-state index is -0.464. The Balaban J connectivity index is 1.92. The molecular formula is C17H26N2O3. The van der Waals surface area contributed by atoms with Crippen molar-refractivity contribution in [1.29, 1.82) is 0 Å². The van der Waals surface area contributed by atoms with Crippen LogP contribution in [0.4, 0.5) is 10.5 Å². The molecule has 1 aliphatic heterocycles. The van der Waals surface area contributed by atoms with Gasteiger partial charge in [-0.25, -0.2) is 4.79 Å². The van der Waals surface area contributed by atoms with Crippen molar-refractivity contribution in [1.82, 2.24) is 5.32 Å². The number of rotatable bonds is 3. The van der Waals surface area contributed by atoms with Crippen LogP contribution in [0.3, 0.4) is 0 Å². The molecule has 1 saturated heterocycles. The fourth-order valence-electron chi connectivity index (χ4n) is 2.60. The number of nitrogens with zero attached hydrogens (tertiary/aromatic N) is 1. The molecule has 1 amide bonds. The molecule has 5 nitrogen and oxygen atoms in total. The summed E-state index contributed by atoms with van der Waals surface area (Å²) in [4.78, 5) is 14.2. The molecule has 0 radical (unpaired) electrons. The highest BCUT2D eigenvalue weighted by atomic mass is 16.6. The van der Waals surface area contributed by atoms with Crippen molar-refractivity contribution in [2.45, 2.75) is 45.3 Å². The summed E-state index contributed by atoms with van der Waals surface area (Å²) in [7, 11) is 1.66. The quantitative estimate of drug-likeness (QED) is 0.932. The Morgan fingerprint density at radius 1 is 1.27 bits per heavy atom. The van der Waals surface area contributed by atoms with E-state index in [1.54, 1.807) is 7.11 Å². The Kier molecular flexibility index (Phi) is 5.16. The van der Waals surface area contributed by atoms with Crippen LogP contribution in [-0.4, -0.2) is 37.9 Å². The third kappa shape index (κ3) is 4.83. The van der Waals surface area contributed by atoms with Gasteiger partial charge in [0, 0.05) is 24.8 Å². The van der Waals surface area contributed by atoms with E-state index in [1.165, 1.54) is 0 Å². The van der Waals surface area contributed by atoms with E-state index in [4.69, 9.17) is 9.47 Å². The van der Waals surface area contributed by atoms with Crippen molar-refractivity contribution < 1.29 is 14.3 Å². The zero-order valence-corrected chi connectivity index (χ0v) is 13.9. The molecule has 1 aliphatic rings. The first-order valence-corrected chi connectivity index (χ1v) is 7.76. The summed E-state index contributed by atoms with van der Waals surface area (Å²) in [6.07, 6.45) is 1.69. The first-order chi connectivity index (χ1) is 10.4. The minimum Gasteiger partial charge on any atom is -0.497 e. The lowest BCUT2D eigenvalue weighted by Gasteiger charge is -2.35. The van der Waals surface area contributed by atoms with Gasteiger partial charge in [0.2, 0.25) is 0 Å². The fraction of sp³-hybridized carbons (Fsp3) is 0.588. The zero-order valence-electron chi connectivity index (χ0n) is 13.9. The van der Waals surface area contributed by atoms with Crippen LogP contribution >= 0.6 is 0 Å². The van der Waals surface area contributed by atoms with Crippen LogP contribution in [0.15, 0.2) is 24.3 Å². The molecule has 122 valence electrons. The molecule has 1 aromatic rings. The molecule has 0 aliphatic carbocycles. The van der Waals surface area contributed by atoms with Gasteiger partial charge >= 0.3 is 6.09 Å². The van der Waals surface area contributed by atoms with Gasteiger partial charge in [0.25, 0.3) is 0 Å². The summed E-state index contributed by atoms with van der Waals surface area (Å²) in [5.41, 5.74) is 0.686. The highest BCUT2D eigenvalue weighted by molar-refractivity contribution is 5.68. The Morgan fingerprint density at radius 2 is 1.95 bits per heavy atom. The number of carbonyl (C=O) groups is 1. The monoisotopic (exact) mass is 306 g/mol. The Labute approximate surface area is 132 Å². The first kappa shape index (κ1) is 16.5. The average Bonchev–Trinajstić information content (AvgIpc) is 2.45. The van der Waals surface area contributed by atoms with E-state index in [2.05, 4.69) is 22.3 Å². The van der Waals surface area contributed by atoms with Crippen molar-refractivity contribution in [3.05, 3.63) is 24.3 Å². The van der Waals surface area contributed by atoms with Crippen molar-refractivity contribution in [2.75, 3.05) is 25.1 Å². The Morgan fingerprint density at radius 3 is 2.55 bits per heavy atom. The lowest BCUT2D eigenvalue weighted by molar-refractivity contribution is 0.0500. The van der Waals surface area contributed by atoms with Crippen LogP contribution in [0.5, 0.6) is 5.75 Å². The molecule has 2 rings (SSSR count). The molecule has 0 saturated carbocycles. The molecule has 5 heteroatoms. The zero-order chi connectivity index (χ0) is 16.2. The van der Waals surface area contributed by atoms with E-state index in [0.717, 1.165) is 37.4 Å². The van der Waals surface area contributed by atoms with Crippen LogP contribution in [-0.2, 0) is 4.74 Å². The standard InChI is InChI=1S/C17H26N2O3/c1-17(2,3)22-16(20)18-13-6-5-11-19(12-13)14-7-9-15(21-4)10-8-14/h7-10,13H,5-6,11-12H2,1-4H3,(H,18,20). The van der Waals surface area contributed by atoms with Crippen LogP contribution < -0.4 is 15.0 Å². The number of benzene rings is 1.